The Morgan fingerprint density at radius 2 is 1.22 bits per heavy atom. The lowest BCUT2D eigenvalue weighted by molar-refractivity contribution is -0.337. The highest BCUT2D eigenvalue weighted by Crippen LogP contribution is 2.37. The second-order valence-electron chi connectivity index (χ2n) is 7.48. The molecule has 0 saturated carbocycles. The van der Waals surface area contributed by atoms with E-state index < -0.39 is 14.1 Å². The van der Waals surface area contributed by atoms with Crippen LogP contribution in [0.1, 0.15) is 117 Å². The summed E-state index contributed by atoms with van der Waals surface area (Å²) in [4.78, 5) is 22.3. The Kier molecular flexibility index (Phi) is 18.1. The zero-order valence-electron chi connectivity index (χ0n) is 17.7. The zero-order valence-corrected chi connectivity index (χ0v) is 18.6. The standard InChI is InChI=1S/C20H43O6P/c1-4-6-7-8-9-10-11-12-13-14-15-16-17-18-20(24-19(3)5-2)25-26-27(21,22)23/h19-20H,4-18H2,1-3H3,(H2,21,22,23). The molecule has 0 aliphatic carbocycles. The Balaban J connectivity index is 3.62. The number of ether oxygens (including phenoxy) is 1. The number of hydrogen-bond donors (Lipinski definition) is 2. The summed E-state index contributed by atoms with van der Waals surface area (Å²) in [6.45, 7) is 6.14. The Morgan fingerprint density at radius 1 is 0.778 bits per heavy atom. The van der Waals surface area contributed by atoms with Crippen LogP contribution in [0.25, 0.3) is 0 Å². The van der Waals surface area contributed by atoms with Crippen molar-refractivity contribution in [3.05, 3.63) is 0 Å². The summed E-state index contributed by atoms with van der Waals surface area (Å²) >= 11 is 0. The average Bonchev–Trinajstić information content (AvgIpc) is 2.62. The van der Waals surface area contributed by atoms with Gasteiger partial charge in [-0.3, -0.25) is 0 Å². The van der Waals surface area contributed by atoms with E-state index in [1.54, 1.807) is 0 Å². The quantitative estimate of drug-likeness (QED) is 0.0768. The average molecular weight is 411 g/mol. The molecule has 2 atom stereocenters. The Morgan fingerprint density at radius 3 is 1.63 bits per heavy atom. The smallest absolute Gasteiger partial charge is 0.347 e. The van der Waals surface area contributed by atoms with Crippen LogP contribution >= 0.6 is 7.82 Å². The Hall–Kier alpha value is 0.0300. The van der Waals surface area contributed by atoms with Crippen LogP contribution in [0.2, 0.25) is 0 Å². The van der Waals surface area contributed by atoms with E-state index in [-0.39, 0.29) is 6.10 Å². The van der Waals surface area contributed by atoms with E-state index >= 15 is 0 Å². The van der Waals surface area contributed by atoms with Crippen molar-refractivity contribution in [1.29, 1.82) is 0 Å². The summed E-state index contributed by atoms with van der Waals surface area (Å²) in [7, 11) is -4.65. The minimum atomic E-state index is -4.65. The highest BCUT2D eigenvalue weighted by Gasteiger charge is 2.21. The molecule has 0 amide bonds. The predicted molar refractivity (Wildman–Crippen MR) is 109 cm³/mol. The molecule has 0 rings (SSSR count). The Labute approximate surface area is 166 Å². The second kappa shape index (κ2) is 18.1. The highest BCUT2D eigenvalue weighted by atomic mass is 31.2. The molecule has 0 radical (unpaired) electrons. The van der Waals surface area contributed by atoms with Crippen molar-refractivity contribution in [3.8, 4) is 0 Å². The van der Waals surface area contributed by atoms with E-state index in [0.29, 0.717) is 6.42 Å². The molecule has 0 saturated heterocycles. The van der Waals surface area contributed by atoms with Gasteiger partial charge in [0.1, 0.15) is 0 Å². The van der Waals surface area contributed by atoms with Crippen molar-refractivity contribution < 1.29 is 28.7 Å². The molecule has 0 aliphatic rings. The van der Waals surface area contributed by atoms with E-state index in [1.807, 2.05) is 13.8 Å². The van der Waals surface area contributed by atoms with Gasteiger partial charge in [-0.05, 0) is 19.8 Å². The molecule has 27 heavy (non-hydrogen) atoms. The summed E-state index contributed by atoms with van der Waals surface area (Å²) in [6, 6.07) is 0. The van der Waals surface area contributed by atoms with Gasteiger partial charge < -0.3 is 14.5 Å². The summed E-state index contributed by atoms with van der Waals surface area (Å²) in [5.74, 6) is 0. The first-order valence-corrected chi connectivity index (χ1v) is 12.5. The van der Waals surface area contributed by atoms with Crippen LogP contribution in [0.3, 0.4) is 0 Å². The number of unbranched alkanes of at least 4 members (excludes halogenated alkanes) is 12. The van der Waals surface area contributed by atoms with Crippen LogP contribution in [-0.2, 0) is 18.9 Å². The first kappa shape index (κ1) is 27.0. The zero-order chi connectivity index (χ0) is 20.4. The van der Waals surface area contributed by atoms with Gasteiger partial charge >= 0.3 is 7.82 Å². The van der Waals surface area contributed by atoms with Crippen molar-refractivity contribution >= 4 is 7.82 Å². The van der Waals surface area contributed by atoms with Crippen molar-refractivity contribution in [3.63, 3.8) is 0 Å². The maximum Gasteiger partial charge on any atom is 0.496 e. The first-order valence-electron chi connectivity index (χ1n) is 10.9. The fourth-order valence-corrected chi connectivity index (χ4v) is 3.14. The van der Waals surface area contributed by atoms with Crippen LogP contribution in [0.4, 0.5) is 0 Å². The molecule has 2 unspecified atom stereocenters. The third kappa shape index (κ3) is 20.6. The summed E-state index contributed by atoms with van der Waals surface area (Å²) in [6.07, 6.45) is 17.2. The molecule has 0 fully saturated rings. The fourth-order valence-electron chi connectivity index (χ4n) is 2.93. The number of rotatable bonds is 20. The topological polar surface area (TPSA) is 85.2 Å². The lowest BCUT2D eigenvalue weighted by atomic mass is 10.0. The van der Waals surface area contributed by atoms with Crippen LogP contribution in [0.5, 0.6) is 0 Å². The molecule has 2 N–H and O–H groups in total. The Bertz CT molecular complexity index is 360. The second-order valence-corrected chi connectivity index (χ2v) is 8.61. The van der Waals surface area contributed by atoms with Gasteiger partial charge in [-0.15, -0.1) is 4.67 Å². The maximum absolute atomic E-state index is 10.8. The SMILES string of the molecule is CCCCCCCCCCCCCCCC(OOP(=O)(O)O)OC(C)CC. The molecule has 164 valence electrons. The number of phosphoric acid groups is 1. The predicted octanol–water partition coefficient (Wildman–Crippen LogP) is 6.65. The van der Waals surface area contributed by atoms with E-state index in [1.165, 1.54) is 70.6 Å². The summed E-state index contributed by atoms with van der Waals surface area (Å²) < 4.78 is 20.5. The molecule has 0 bridgehead atoms. The van der Waals surface area contributed by atoms with E-state index in [2.05, 4.69) is 11.6 Å². The van der Waals surface area contributed by atoms with Gasteiger partial charge in [0.15, 0.2) is 6.29 Å². The lowest BCUT2D eigenvalue weighted by Crippen LogP contribution is -2.22. The van der Waals surface area contributed by atoms with Gasteiger partial charge in [-0.1, -0.05) is 90.9 Å². The molecule has 0 aromatic carbocycles. The van der Waals surface area contributed by atoms with E-state index in [0.717, 1.165) is 19.3 Å². The van der Waals surface area contributed by atoms with Gasteiger partial charge in [-0.25, -0.2) is 4.57 Å². The first-order chi connectivity index (χ1) is 12.9. The molecule has 7 heteroatoms. The van der Waals surface area contributed by atoms with E-state index in [4.69, 9.17) is 19.4 Å². The minimum absolute atomic E-state index is 0.0441. The molecule has 6 nitrogen and oxygen atoms in total. The molecule has 0 aromatic heterocycles. The normalized spacial score (nSPS) is 14.4. The summed E-state index contributed by atoms with van der Waals surface area (Å²) in [5, 5.41) is 0. The molecular formula is C20H43O6P. The largest absolute Gasteiger partial charge is 0.496 e. The molecule has 0 spiro atoms. The molecule has 0 heterocycles. The molecular weight excluding hydrogens is 367 g/mol. The van der Waals surface area contributed by atoms with Gasteiger partial charge in [0, 0.05) is 6.42 Å². The van der Waals surface area contributed by atoms with Crippen molar-refractivity contribution in [2.75, 3.05) is 0 Å². The van der Waals surface area contributed by atoms with Gasteiger partial charge in [0.05, 0.1) is 6.10 Å². The van der Waals surface area contributed by atoms with Crippen LogP contribution < -0.4 is 0 Å². The lowest BCUT2D eigenvalue weighted by Gasteiger charge is -2.20. The fraction of sp³-hybridized carbons (Fsp3) is 1.00. The maximum atomic E-state index is 10.8. The molecule has 0 aromatic rings. The molecule has 0 aliphatic heterocycles. The van der Waals surface area contributed by atoms with Crippen LogP contribution in [0, 0.1) is 0 Å². The van der Waals surface area contributed by atoms with Crippen molar-refractivity contribution in [1.82, 2.24) is 0 Å². The van der Waals surface area contributed by atoms with E-state index in [9.17, 15) is 4.57 Å². The van der Waals surface area contributed by atoms with Crippen LogP contribution in [0.15, 0.2) is 0 Å². The van der Waals surface area contributed by atoms with Crippen molar-refractivity contribution in [2.45, 2.75) is 129 Å². The third-order valence-corrected chi connectivity index (χ3v) is 5.03. The van der Waals surface area contributed by atoms with Gasteiger partial charge in [-0.2, -0.15) is 4.89 Å². The highest BCUT2D eigenvalue weighted by molar-refractivity contribution is 7.46. The van der Waals surface area contributed by atoms with Crippen molar-refractivity contribution in [2.24, 2.45) is 0 Å². The van der Waals surface area contributed by atoms with Gasteiger partial charge in [0.25, 0.3) is 0 Å². The minimum Gasteiger partial charge on any atom is -0.347 e. The van der Waals surface area contributed by atoms with Gasteiger partial charge in [0.2, 0.25) is 0 Å². The number of hydrogen-bond acceptors (Lipinski definition) is 4. The van der Waals surface area contributed by atoms with Crippen LogP contribution in [-0.4, -0.2) is 22.2 Å². The monoisotopic (exact) mass is 410 g/mol. The third-order valence-electron chi connectivity index (χ3n) is 4.75. The summed E-state index contributed by atoms with van der Waals surface area (Å²) in [5.41, 5.74) is 0.